The van der Waals surface area contributed by atoms with Crippen LogP contribution in [0.3, 0.4) is 0 Å². The van der Waals surface area contributed by atoms with Crippen LogP contribution in [0, 0.1) is 10.1 Å². The van der Waals surface area contributed by atoms with Crippen LogP contribution in [-0.2, 0) is 10.1 Å². The van der Waals surface area contributed by atoms with E-state index in [0.29, 0.717) is 6.07 Å². The van der Waals surface area contributed by atoms with Crippen molar-refractivity contribution in [1.82, 2.24) is 4.98 Å². The van der Waals surface area contributed by atoms with Crippen molar-refractivity contribution in [2.24, 2.45) is 0 Å². The van der Waals surface area contributed by atoms with Crippen molar-refractivity contribution >= 4 is 21.6 Å². The van der Waals surface area contributed by atoms with Gasteiger partial charge >= 0.3 is 5.69 Å². The monoisotopic (exact) mass is 219 g/mol. The quantitative estimate of drug-likeness (QED) is 0.399. The number of hydrogen-bond donors (Lipinski definition) is 2. The number of nitro groups is 1. The molecule has 14 heavy (non-hydrogen) atoms. The van der Waals surface area contributed by atoms with E-state index in [1.54, 1.807) is 0 Å². The largest absolute Gasteiger partial charge is 0.378 e. The van der Waals surface area contributed by atoms with E-state index < -0.39 is 31.4 Å². The summed E-state index contributed by atoms with van der Waals surface area (Å²) in [6.45, 7) is 0. The summed E-state index contributed by atoms with van der Waals surface area (Å²) in [6.07, 6.45) is 0.734. The maximum Gasteiger partial charge on any atom is 0.312 e. The third-order valence-electron chi connectivity index (χ3n) is 1.37. The van der Waals surface area contributed by atoms with Crippen LogP contribution < -0.4 is 5.73 Å². The van der Waals surface area contributed by atoms with Gasteiger partial charge in [-0.2, -0.15) is 8.42 Å². The molecule has 0 spiro atoms. The second-order valence-corrected chi connectivity index (χ2v) is 3.73. The highest BCUT2D eigenvalue weighted by molar-refractivity contribution is 7.85. The first-order chi connectivity index (χ1) is 6.32. The van der Waals surface area contributed by atoms with E-state index in [-0.39, 0.29) is 0 Å². The molecule has 0 aliphatic heterocycles. The van der Waals surface area contributed by atoms with E-state index in [2.05, 4.69) is 4.98 Å². The van der Waals surface area contributed by atoms with Crippen molar-refractivity contribution in [2.45, 2.75) is 4.90 Å². The molecule has 0 fully saturated rings. The predicted molar refractivity (Wildman–Crippen MR) is 45.1 cm³/mol. The van der Waals surface area contributed by atoms with Crippen LogP contribution in [0.25, 0.3) is 0 Å². The Bertz CT molecular complexity index is 482. The summed E-state index contributed by atoms with van der Waals surface area (Å²) in [4.78, 5) is 12.0. The third-order valence-corrected chi connectivity index (χ3v) is 2.19. The lowest BCUT2D eigenvalue weighted by molar-refractivity contribution is -0.384. The fraction of sp³-hybridized carbons (Fsp3) is 0. The molecule has 1 rings (SSSR count). The highest BCUT2D eigenvalue weighted by atomic mass is 32.2. The minimum absolute atomic E-state index is 0.414. The number of rotatable bonds is 2. The molecular weight excluding hydrogens is 214 g/mol. The van der Waals surface area contributed by atoms with Gasteiger partial charge in [0.2, 0.25) is 5.82 Å². The van der Waals surface area contributed by atoms with E-state index in [0.717, 1.165) is 6.20 Å². The molecule has 0 atom stereocenters. The second kappa shape index (κ2) is 3.20. The first kappa shape index (κ1) is 10.3. The second-order valence-electron chi connectivity index (χ2n) is 2.31. The molecule has 0 saturated carbocycles. The Labute approximate surface area is 78.3 Å². The molecule has 1 aromatic heterocycles. The van der Waals surface area contributed by atoms with E-state index in [1.807, 2.05) is 0 Å². The zero-order valence-corrected chi connectivity index (χ0v) is 7.43. The van der Waals surface area contributed by atoms with Crippen molar-refractivity contribution in [3.8, 4) is 0 Å². The van der Waals surface area contributed by atoms with Gasteiger partial charge < -0.3 is 5.73 Å². The standard InChI is InChI=1S/C5H5N3O5S/c6-5-4(8(9)10)1-3(2-7-5)14(11,12)13/h1-2H,(H2,6,7)(H,11,12,13). The molecule has 3 N–H and O–H groups in total. The van der Waals surface area contributed by atoms with Crippen molar-refractivity contribution in [1.29, 1.82) is 0 Å². The Kier molecular flexibility index (Phi) is 2.36. The van der Waals surface area contributed by atoms with Gasteiger partial charge in [0.05, 0.1) is 11.1 Å². The fourth-order valence-corrected chi connectivity index (χ4v) is 1.18. The fourth-order valence-electron chi connectivity index (χ4n) is 0.733. The smallest absolute Gasteiger partial charge is 0.312 e. The van der Waals surface area contributed by atoms with Gasteiger partial charge in [-0.05, 0) is 0 Å². The van der Waals surface area contributed by atoms with Crippen molar-refractivity contribution in [3.63, 3.8) is 0 Å². The van der Waals surface area contributed by atoms with Gasteiger partial charge in [-0.15, -0.1) is 0 Å². The van der Waals surface area contributed by atoms with Gasteiger partial charge in [0.1, 0.15) is 4.90 Å². The minimum Gasteiger partial charge on any atom is -0.378 e. The van der Waals surface area contributed by atoms with Crippen LogP contribution in [0.15, 0.2) is 17.2 Å². The molecule has 0 saturated heterocycles. The summed E-state index contributed by atoms with van der Waals surface area (Å²) in [5, 5.41) is 10.3. The number of nitrogens with two attached hydrogens (primary N) is 1. The van der Waals surface area contributed by atoms with Gasteiger partial charge in [-0.25, -0.2) is 4.98 Å². The van der Waals surface area contributed by atoms with Crippen molar-refractivity contribution in [3.05, 3.63) is 22.4 Å². The molecular formula is C5H5N3O5S. The zero-order valence-electron chi connectivity index (χ0n) is 6.61. The molecule has 0 aromatic carbocycles. The molecule has 76 valence electrons. The van der Waals surface area contributed by atoms with Gasteiger partial charge in [0, 0.05) is 6.07 Å². The molecule has 0 amide bonds. The molecule has 1 aromatic rings. The first-order valence-corrected chi connectivity index (χ1v) is 4.64. The first-order valence-electron chi connectivity index (χ1n) is 3.20. The Morgan fingerprint density at radius 2 is 2.14 bits per heavy atom. The topological polar surface area (TPSA) is 136 Å². The van der Waals surface area contributed by atoms with Gasteiger partial charge in [0.15, 0.2) is 0 Å². The van der Waals surface area contributed by atoms with Crippen LogP contribution in [-0.4, -0.2) is 22.9 Å². The molecule has 1 heterocycles. The van der Waals surface area contributed by atoms with Crippen LogP contribution in [0.1, 0.15) is 0 Å². The van der Waals surface area contributed by atoms with Crippen LogP contribution in [0.2, 0.25) is 0 Å². The number of hydrogen-bond acceptors (Lipinski definition) is 6. The van der Waals surface area contributed by atoms with Gasteiger partial charge in [0.25, 0.3) is 10.1 Å². The summed E-state index contributed by atoms with van der Waals surface area (Å²) in [7, 11) is -4.50. The molecule has 8 nitrogen and oxygen atoms in total. The summed E-state index contributed by atoms with van der Waals surface area (Å²) >= 11 is 0. The van der Waals surface area contributed by atoms with Crippen LogP contribution >= 0.6 is 0 Å². The Morgan fingerprint density at radius 3 is 2.57 bits per heavy atom. The molecule has 0 unspecified atom stereocenters. The predicted octanol–water partition coefficient (Wildman–Crippen LogP) is -0.181. The summed E-state index contributed by atoms with van der Waals surface area (Å²) in [5.74, 6) is -0.414. The third kappa shape index (κ3) is 1.95. The Balaban J connectivity index is 3.42. The van der Waals surface area contributed by atoms with Crippen LogP contribution in [0.4, 0.5) is 11.5 Å². The maximum atomic E-state index is 10.6. The van der Waals surface area contributed by atoms with E-state index in [4.69, 9.17) is 10.3 Å². The van der Waals surface area contributed by atoms with Gasteiger partial charge in [-0.1, -0.05) is 0 Å². The highest BCUT2D eigenvalue weighted by Crippen LogP contribution is 2.21. The lowest BCUT2D eigenvalue weighted by Crippen LogP contribution is -2.03. The average Bonchev–Trinajstić information content (AvgIpc) is 2.02. The highest BCUT2D eigenvalue weighted by Gasteiger charge is 2.19. The van der Waals surface area contributed by atoms with E-state index in [1.165, 1.54) is 0 Å². The molecule has 0 aliphatic rings. The number of anilines is 1. The summed E-state index contributed by atoms with van der Waals surface area (Å²) < 4.78 is 29.7. The normalized spacial score (nSPS) is 11.2. The molecule has 0 bridgehead atoms. The molecule has 0 aliphatic carbocycles. The number of aromatic nitrogens is 1. The lowest BCUT2D eigenvalue weighted by atomic mass is 10.4. The summed E-state index contributed by atoms with van der Waals surface area (Å²) in [5.41, 5.74) is 4.44. The van der Waals surface area contributed by atoms with Crippen LogP contribution in [0.5, 0.6) is 0 Å². The Morgan fingerprint density at radius 1 is 1.57 bits per heavy atom. The van der Waals surface area contributed by atoms with E-state index >= 15 is 0 Å². The number of pyridine rings is 1. The number of nitrogens with zero attached hydrogens (tertiary/aromatic N) is 2. The Hall–Kier alpha value is -1.74. The van der Waals surface area contributed by atoms with E-state index in [9.17, 15) is 18.5 Å². The number of nitrogen functional groups attached to an aromatic ring is 1. The maximum absolute atomic E-state index is 10.6. The van der Waals surface area contributed by atoms with Crippen molar-refractivity contribution < 1.29 is 17.9 Å². The molecule has 0 radical (unpaired) electrons. The zero-order chi connectivity index (χ0) is 10.9. The van der Waals surface area contributed by atoms with Gasteiger partial charge in [-0.3, -0.25) is 14.7 Å². The summed E-state index contributed by atoms with van der Waals surface area (Å²) in [6, 6.07) is 0.637. The minimum atomic E-state index is -4.50. The lowest BCUT2D eigenvalue weighted by Gasteiger charge is -1.98. The average molecular weight is 219 g/mol. The SMILES string of the molecule is Nc1ncc(S(=O)(=O)O)cc1[N+](=O)[O-]. The molecule has 9 heteroatoms. The van der Waals surface area contributed by atoms with Crippen molar-refractivity contribution in [2.75, 3.05) is 5.73 Å².